The molecule has 0 saturated heterocycles. The molecule has 2 aliphatic rings. The zero-order chi connectivity index (χ0) is 12.1. The van der Waals surface area contributed by atoms with E-state index in [1.54, 1.807) is 0 Å². The summed E-state index contributed by atoms with van der Waals surface area (Å²) < 4.78 is 11.8. The minimum atomic E-state index is -0.740. The summed E-state index contributed by atoms with van der Waals surface area (Å²) in [6.45, 7) is 4.78. The number of hydrogen-bond acceptors (Lipinski definition) is 3. The van der Waals surface area contributed by atoms with E-state index in [1.165, 1.54) is 11.1 Å². The van der Waals surface area contributed by atoms with E-state index in [0.29, 0.717) is 13.2 Å². The van der Waals surface area contributed by atoms with Crippen LogP contribution < -0.4 is 0 Å². The third-order valence-corrected chi connectivity index (χ3v) is 3.77. The summed E-state index contributed by atoms with van der Waals surface area (Å²) in [7, 11) is 0. The molecule has 0 aromatic heterocycles. The summed E-state index contributed by atoms with van der Waals surface area (Å²) in [6, 6.07) is 8.17. The van der Waals surface area contributed by atoms with Gasteiger partial charge in [0.25, 0.3) is 0 Å². The van der Waals surface area contributed by atoms with Gasteiger partial charge in [0, 0.05) is 12.3 Å². The Kier molecular flexibility index (Phi) is 2.34. The zero-order valence-corrected chi connectivity index (χ0v) is 10.3. The molecule has 92 valence electrons. The average Bonchev–Trinajstić information content (AvgIpc) is 3.03. The van der Waals surface area contributed by atoms with Crippen LogP contribution in [-0.2, 0) is 22.7 Å². The molecule has 1 aromatic rings. The van der Waals surface area contributed by atoms with Gasteiger partial charge in [0.05, 0.1) is 18.8 Å². The first-order valence-corrected chi connectivity index (χ1v) is 6.08. The second-order valence-corrected chi connectivity index (χ2v) is 5.57. The normalized spacial score (nSPS) is 26.4. The van der Waals surface area contributed by atoms with Gasteiger partial charge in [-0.15, -0.1) is 0 Å². The van der Waals surface area contributed by atoms with Crippen LogP contribution in [0, 0.1) is 5.92 Å². The van der Waals surface area contributed by atoms with Crippen LogP contribution in [0.2, 0.25) is 0 Å². The molecule has 1 atom stereocenters. The predicted octanol–water partition coefficient (Wildman–Crippen LogP) is 2.22. The van der Waals surface area contributed by atoms with Gasteiger partial charge in [-0.1, -0.05) is 24.3 Å². The molecule has 1 fully saturated rings. The van der Waals surface area contributed by atoms with Crippen molar-refractivity contribution in [1.82, 2.24) is 0 Å². The van der Waals surface area contributed by atoms with Gasteiger partial charge < -0.3 is 14.6 Å². The maximum Gasteiger partial charge on any atom is 0.175 e. The fourth-order valence-corrected chi connectivity index (χ4v) is 2.61. The summed E-state index contributed by atoms with van der Waals surface area (Å²) in [5, 5.41) is 10.0. The smallest absolute Gasteiger partial charge is 0.175 e. The van der Waals surface area contributed by atoms with Crippen LogP contribution in [0.5, 0.6) is 0 Å². The summed E-state index contributed by atoms with van der Waals surface area (Å²) in [4.78, 5) is 0. The van der Waals surface area contributed by atoms with E-state index in [1.807, 2.05) is 26.0 Å². The highest BCUT2D eigenvalue weighted by Crippen LogP contribution is 2.55. The summed E-state index contributed by atoms with van der Waals surface area (Å²) >= 11 is 0. The molecule has 1 N–H and O–H groups in total. The number of benzene rings is 1. The van der Waals surface area contributed by atoms with Crippen molar-refractivity contribution in [2.75, 3.05) is 0 Å². The van der Waals surface area contributed by atoms with Crippen molar-refractivity contribution >= 4 is 0 Å². The summed E-state index contributed by atoms with van der Waals surface area (Å²) in [5.74, 6) is -0.485. The van der Waals surface area contributed by atoms with Crippen LogP contribution in [0.25, 0.3) is 0 Å². The Morgan fingerprint density at radius 1 is 1.18 bits per heavy atom. The molecule has 0 bridgehead atoms. The van der Waals surface area contributed by atoms with Crippen molar-refractivity contribution in [2.24, 2.45) is 5.92 Å². The Balaban J connectivity index is 1.79. The Morgan fingerprint density at radius 2 is 1.71 bits per heavy atom. The fourth-order valence-electron chi connectivity index (χ4n) is 2.61. The van der Waals surface area contributed by atoms with Crippen LogP contribution >= 0.6 is 0 Å². The maximum absolute atomic E-state index is 10.0. The van der Waals surface area contributed by atoms with E-state index >= 15 is 0 Å². The molecule has 1 heterocycles. The minimum Gasteiger partial charge on any atom is -0.390 e. The molecule has 1 saturated carbocycles. The molecule has 1 aliphatic carbocycles. The third kappa shape index (κ3) is 1.88. The predicted molar refractivity (Wildman–Crippen MR) is 63.2 cm³/mol. The van der Waals surface area contributed by atoms with Crippen LogP contribution in [0.15, 0.2) is 24.3 Å². The lowest BCUT2D eigenvalue weighted by Crippen LogP contribution is -2.31. The molecule has 0 amide bonds. The average molecular weight is 234 g/mol. The molecule has 3 heteroatoms. The van der Waals surface area contributed by atoms with E-state index in [2.05, 4.69) is 12.1 Å². The van der Waals surface area contributed by atoms with Gasteiger partial charge in [0.15, 0.2) is 5.79 Å². The highest BCUT2D eigenvalue weighted by atomic mass is 16.7. The topological polar surface area (TPSA) is 38.7 Å². The molecule has 1 unspecified atom stereocenters. The number of fused-ring (bicyclic) bond motifs is 1. The largest absolute Gasteiger partial charge is 0.390 e. The van der Waals surface area contributed by atoms with Gasteiger partial charge in [0.1, 0.15) is 0 Å². The van der Waals surface area contributed by atoms with Crippen molar-refractivity contribution in [3.05, 3.63) is 35.4 Å². The number of hydrogen-bond donors (Lipinski definition) is 1. The second kappa shape index (κ2) is 3.55. The van der Waals surface area contributed by atoms with Crippen molar-refractivity contribution in [3.63, 3.8) is 0 Å². The first-order valence-electron chi connectivity index (χ1n) is 6.08. The lowest BCUT2D eigenvalue weighted by molar-refractivity contribution is -0.197. The zero-order valence-electron chi connectivity index (χ0n) is 10.3. The van der Waals surface area contributed by atoms with Gasteiger partial charge in [-0.25, -0.2) is 0 Å². The van der Waals surface area contributed by atoms with Gasteiger partial charge in [0.2, 0.25) is 0 Å². The highest BCUT2D eigenvalue weighted by Gasteiger charge is 2.63. The van der Waals surface area contributed by atoms with E-state index in [-0.39, 0.29) is 5.92 Å². The Morgan fingerprint density at radius 3 is 2.12 bits per heavy atom. The molecule has 3 nitrogen and oxygen atoms in total. The van der Waals surface area contributed by atoms with E-state index in [4.69, 9.17) is 9.47 Å². The molecule has 3 rings (SSSR count). The second-order valence-electron chi connectivity index (χ2n) is 5.57. The number of aliphatic hydroxyl groups is 1. The van der Waals surface area contributed by atoms with Gasteiger partial charge in [-0.2, -0.15) is 0 Å². The van der Waals surface area contributed by atoms with E-state index in [9.17, 15) is 5.11 Å². The Labute approximate surface area is 101 Å². The first kappa shape index (κ1) is 11.2. The molecule has 1 aromatic carbocycles. The molecule has 1 spiro atoms. The molecular formula is C14H18O3. The Hall–Kier alpha value is -0.900. The summed E-state index contributed by atoms with van der Waals surface area (Å²) in [6.07, 6.45) is 0.782. The van der Waals surface area contributed by atoms with Crippen molar-refractivity contribution in [2.45, 2.75) is 44.9 Å². The maximum atomic E-state index is 10.0. The first-order chi connectivity index (χ1) is 8.01. The van der Waals surface area contributed by atoms with Gasteiger partial charge >= 0.3 is 0 Å². The van der Waals surface area contributed by atoms with Gasteiger partial charge in [-0.05, 0) is 25.0 Å². The van der Waals surface area contributed by atoms with E-state index < -0.39 is 11.4 Å². The van der Waals surface area contributed by atoms with Gasteiger partial charge in [-0.3, -0.25) is 0 Å². The SMILES string of the molecule is CC(C)(O)C1CC12OCc1ccccc1CO2. The standard InChI is InChI=1S/C14H18O3/c1-13(2,15)12-7-14(12)16-8-10-5-3-4-6-11(10)9-17-14/h3-6,12,15H,7-9H2,1-2H3. The molecule has 17 heavy (non-hydrogen) atoms. The van der Waals surface area contributed by atoms with Crippen LogP contribution in [-0.4, -0.2) is 16.5 Å². The minimum absolute atomic E-state index is 0.0734. The lowest BCUT2D eigenvalue weighted by Gasteiger charge is -2.22. The molecule has 0 radical (unpaired) electrons. The van der Waals surface area contributed by atoms with Crippen LogP contribution in [0.3, 0.4) is 0 Å². The molecular weight excluding hydrogens is 216 g/mol. The van der Waals surface area contributed by atoms with Crippen molar-refractivity contribution in [1.29, 1.82) is 0 Å². The van der Waals surface area contributed by atoms with Crippen molar-refractivity contribution in [3.8, 4) is 0 Å². The lowest BCUT2D eigenvalue weighted by atomic mass is 10.0. The van der Waals surface area contributed by atoms with Crippen molar-refractivity contribution < 1.29 is 14.6 Å². The quantitative estimate of drug-likeness (QED) is 0.809. The van der Waals surface area contributed by atoms with E-state index in [0.717, 1.165) is 6.42 Å². The number of ether oxygens (including phenoxy) is 2. The Bertz CT molecular complexity index is 406. The third-order valence-electron chi connectivity index (χ3n) is 3.77. The monoisotopic (exact) mass is 234 g/mol. The van der Waals surface area contributed by atoms with Crippen LogP contribution in [0.1, 0.15) is 31.4 Å². The number of rotatable bonds is 1. The summed E-state index contributed by atoms with van der Waals surface area (Å²) in [5.41, 5.74) is 1.63. The van der Waals surface area contributed by atoms with Crippen LogP contribution in [0.4, 0.5) is 0 Å². The highest BCUT2D eigenvalue weighted by molar-refractivity contribution is 5.27. The molecule has 1 aliphatic heterocycles. The fraction of sp³-hybridized carbons (Fsp3) is 0.571.